The Labute approximate surface area is 290 Å². The number of nitrogens with zero attached hydrogens (tertiary/aromatic N) is 2. The second-order valence-electron chi connectivity index (χ2n) is 11.2. The molecular weight excluding hydrogens is 651 g/mol. The molecule has 48 heavy (non-hydrogen) atoms. The smallest absolute Gasteiger partial charge is 0.334 e. The highest BCUT2D eigenvalue weighted by molar-refractivity contribution is 6.27. The molecule has 0 radical (unpaired) electrons. The van der Waals surface area contributed by atoms with Gasteiger partial charge in [0.05, 0.1) is 6.61 Å². The van der Waals surface area contributed by atoms with Gasteiger partial charge < -0.3 is 14.4 Å². The molecule has 4 aromatic carbocycles. The fourth-order valence-electron chi connectivity index (χ4n) is 5.47. The molecule has 1 aliphatic heterocycles. The minimum Gasteiger partial charge on any atom is -0.489 e. The molecule has 0 N–H and O–H groups in total. The van der Waals surface area contributed by atoms with Crippen LogP contribution in [0, 0.1) is 0 Å². The molecule has 0 spiro atoms. The molecule has 5 rings (SSSR count). The predicted octanol–water partition coefficient (Wildman–Crippen LogP) is 6.86. The Bertz CT molecular complexity index is 1670. The maximum absolute atomic E-state index is 13.8. The van der Waals surface area contributed by atoms with Crippen molar-refractivity contribution >= 4 is 41.0 Å². The Morgan fingerprint density at radius 2 is 1.44 bits per heavy atom. The van der Waals surface area contributed by atoms with E-state index >= 15 is 0 Å². The highest BCUT2D eigenvalue weighted by atomic mass is 35.5. The monoisotopic (exact) mass is 686 g/mol. The van der Waals surface area contributed by atoms with Crippen LogP contribution in [0.3, 0.4) is 0 Å². The lowest BCUT2D eigenvalue weighted by Crippen LogP contribution is -2.73. The van der Waals surface area contributed by atoms with Crippen molar-refractivity contribution in [2.45, 2.75) is 43.6 Å². The van der Waals surface area contributed by atoms with E-state index in [-0.39, 0.29) is 18.1 Å². The first kappa shape index (κ1) is 34.7. The van der Waals surface area contributed by atoms with Crippen LogP contribution >= 0.6 is 23.2 Å². The van der Waals surface area contributed by atoms with Gasteiger partial charge in [0.25, 0.3) is 5.91 Å². The molecule has 1 aliphatic rings. The Kier molecular flexibility index (Phi) is 11.9. The molecule has 1 heterocycles. The molecular formula is C38H36Cl2N2O6. The Hall–Kier alpha value is -4.63. The van der Waals surface area contributed by atoms with Crippen LogP contribution < -0.4 is 4.74 Å². The third-order valence-corrected chi connectivity index (χ3v) is 8.70. The van der Waals surface area contributed by atoms with Crippen LogP contribution in [0.25, 0.3) is 0 Å². The zero-order valence-electron chi connectivity index (χ0n) is 26.4. The van der Waals surface area contributed by atoms with Gasteiger partial charge in [-0.2, -0.15) is 0 Å². The van der Waals surface area contributed by atoms with Gasteiger partial charge in [-0.25, -0.2) is 9.86 Å². The number of rotatable bonds is 15. The van der Waals surface area contributed by atoms with Crippen LogP contribution in [0.5, 0.6) is 5.75 Å². The lowest BCUT2D eigenvalue weighted by molar-refractivity contribution is -0.221. The summed E-state index contributed by atoms with van der Waals surface area (Å²) in [7, 11) is 0. The number of halogens is 2. The fourth-order valence-corrected chi connectivity index (χ4v) is 6.03. The van der Waals surface area contributed by atoms with E-state index in [2.05, 4.69) is 6.58 Å². The van der Waals surface area contributed by atoms with E-state index in [1.807, 2.05) is 115 Å². The van der Waals surface area contributed by atoms with Crippen molar-refractivity contribution in [1.82, 2.24) is 9.96 Å². The van der Waals surface area contributed by atoms with Gasteiger partial charge in [0, 0.05) is 19.2 Å². The topological polar surface area (TPSA) is 85.4 Å². The van der Waals surface area contributed by atoms with E-state index in [1.165, 1.54) is 6.92 Å². The fraction of sp³-hybridized carbons (Fsp3) is 0.237. The van der Waals surface area contributed by atoms with Crippen LogP contribution in [0.4, 0.5) is 0 Å². The number of esters is 1. The largest absolute Gasteiger partial charge is 0.489 e. The zero-order valence-corrected chi connectivity index (χ0v) is 27.9. The number of β-lactam (4-membered cyclic amide) rings is 1. The Morgan fingerprint density at radius 3 is 2.00 bits per heavy atom. The van der Waals surface area contributed by atoms with Crippen LogP contribution in [-0.2, 0) is 37.0 Å². The minimum absolute atomic E-state index is 0.0639. The summed E-state index contributed by atoms with van der Waals surface area (Å²) in [5.41, 5.74) is 2.49. The molecule has 1 saturated heterocycles. The first-order valence-electron chi connectivity index (χ1n) is 15.5. The van der Waals surface area contributed by atoms with Gasteiger partial charge >= 0.3 is 5.97 Å². The Morgan fingerprint density at radius 1 is 0.875 bits per heavy atom. The van der Waals surface area contributed by atoms with Crippen LogP contribution in [0.1, 0.15) is 35.3 Å². The second kappa shape index (κ2) is 16.5. The minimum atomic E-state index is -1.29. The van der Waals surface area contributed by atoms with Crippen LogP contribution in [0.15, 0.2) is 127 Å². The van der Waals surface area contributed by atoms with E-state index < -0.39 is 41.5 Å². The predicted molar refractivity (Wildman–Crippen MR) is 184 cm³/mol. The first-order chi connectivity index (χ1) is 23.3. The van der Waals surface area contributed by atoms with Gasteiger partial charge in [0.15, 0.2) is 18.2 Å². The number of hydroxylamine groups is 2. The number of likely N-dealkylation sites (tertiary alicyclic amines) is 1. The molecule has 0 aromatic heterocycles. The summed E-state index contributed by atoms with van der Waals surface area (Å²) in [4.78, 5) is 47.2. The van der Waals surface area contributed by atoms with Crippen molar-refractivity contribution < 1.29 is 28.7 Å². The van der Waals surface area contributed by atoms with E-state index in [9.17, 15) is 14.4 Å². The standard InChI is InChI=1S/C38H36Cl2N2O6/c1-26(24-39)33(38(45)48-35(30-17-8-4-9-18-30)31-19-10-5-11-20-31)41-36(40)34(37(41)44)42(27(2)43)47-23-22-29-16-12-13-21-32(29)46-25-28-14-6-3-7-15-28/h3-21,33-36H,1,22-25H2,2H3. The summed E-state index contributed by atoms with van der Waals surface area (Å²) in [6, 6.07) is 33.4. The lowest BCUT2D eigenvalue weighted by atomic mass is 9.98. The summed E-state index contributed by atoms with van der Waals surface area (Å²) >= 11 is 12.9. The number of ether oxygens (including phenoxy) is 2. The SMILES string of the molecule is C=C(CCl)C(C(=O)OC(c1ccccc1)c1ccccc1)N1C(=O)C(N(OCCc2ccccc2OCc2ccccc2)C(C)=O)C1Cl. The molecule has 0 saturated carbocycles. The van der Waals surface area contributed by atoms with E-state index in [1.54, 1.807) is 0 Å². The molecule has 0 aliphatic carbocycles. The summed E-state index contributed by atoms with van der Waals surface area (Å²) in [5.74, 6) is -1.31. The summed E-state index contributed by atoms with van der Waals surface area (Å²) in [5, 5.41) is 0.965. The zero-order chi connectivity index (χ0) is 34.0. The van der Waals surface area contributed by atoms with Crippen molar-refractivity contribution in [2.24, 2.45) is 0 Å². The molecule has 4 aromatic rings. The molecule has 3 atom stereocenters. The van der Waals surface area contributed by atoms with Gasteiger partial charge in [-0.1, -0.05) is 127 Å². The van der Waals surface area contributed by atoms with E-state index in [0.717, 1.165) is 32.2 Å². The van der Waals surface area contributed by atoms with Gasteiger partial charge in [-0.05, 0) is 33.9 Å². The average molecular weight is 688 g/mol. The molecule has 2 amide bonds. The highest BCUT2D eigenvalue weighted by Crippen LogP contribution is 2.35. The van der Waals surface area contributed by atoms with Crippen molar-refractivity contribution in [1.29, 1.82) is 0 Å². The third-order valence-electron chi connectivity index (χ3n) is 7.91. The van der Waals surface area contributed by atoms with E-state index in [0.29, 0.717) is 18.8 Å². The maximum Gasteiger partial charge on any atom is 0.334 e. The number of carbonyl (C=O) groups is 3. The summed E-state index contributed by atoms with van der Waals surface area (Å²) in [6.07, 6.45) is -0.368. The van der Waals surface area contributed by atoms with Gasteiger partial charge in [-0.15, -0.1) is 11.6 Å². The average Bonchev–Trinajstić information content (AvgIpc) is 3.12. The maximum atomic E-state index is 13.8. The molecule has 10 heteroatoms. The number of para-hydroxylation sites is 1. The lowest BCUT2D eigenvalue weighted by Gasteiger charge is -2.49. The van der Waals surface area contributed by atoms with Crippen molar-refractivity contribution in [2.75, 3.05) is 12.5 Å². The number of hydrogen-bond acceptors (Lipinski definition) is 6. The van der Waals surface area contributed by atoms with E-state index in [4.69, 9.17) is 37.5 Å². The highest BCUT2D eigenvalue weighted by Gasteiger charge is 2.56. The molecule has 1 fully saturated rings. The van der Waals surface area contributed by atoms with Gasteiger partial charge in [-0.3, -0.25) is 14.4 Å². The first-order valence-corrected chi connectivity index (χ1v) is 16.4. The van der Waals surface area contributed by atoms with Crippen LogP contribution in [0.2, 0.25) is 0 Å². The molecule has 0 bridgehead atoms. The summed E-state index contributed by atoms with van der Waals surface area (Å²) in [6.45, 7) is 5.68. The molecule has 3 unspecified atom stereocenters. The van der Waals surface area contributed by atoms with Crippen molar-refractivity contribution in [3.63, 3.8) is 0 Å². The number of hydrogen-bond donors (Lipinski definition) is 0. The van der Waals surface area contributed by atoms with Crippen molar-refractivity contribution in [3.05, 3.63) is 150 Å². The quantitative estimate of drug-likeness (QED) is 0.0339. The number of carbonyl (C=O) groups excluding carboxylic acids is 3. The van der Waals surface area contributed by atoms with Gasteiger partial charge in [0.2, 0.25) is 5.91 Å². The molecule has 248 valence electrons. The van der Waals surface area contributed by atoms with Crippen LogP contribution in [-0.4, -0.2) is 57.8 Å². The third kappa shape index (κ3) is 8.08. The number of benzene rings is 4. The van der Waals surface area contributed by atoms with Gasteiger partial charge in [0.1, 0.15) is 17.9 Å². The number of amides is 2. The number of alkyl halides is 2. The Balaban J connectivity index is 1.27. The van der Waals surface area contributed by atoms with Crippen molar-refractivity contribution in [3.8, 4) is 5.75 Å². The second-order valence-corrected chi connectivity index (χ2v) is 11.9. The normalized spacial score (nSPS) is 16.2. The molecule has 8 nitrogen and oxygen atoms in total. The summed E-state index contributed by atoms with van der Waals surface area (Å²) < 4.78 is 12.1.